The highest BCUT2D eigenvalue weighted by Crippen LogP contribution is 2.24. The molecule has 0 spiro atoms. The number of cyclic esters (lactones) is 1. The Morgan fingerprint density at radius 2 is 2.36 bits per heavy atom. The van der Waals surface area contributed by atoms with Gasteiger partial charge in [0, 0.05) is 10.6 Å². The van der Waals surface area contributed by atoms with Crippen LogP contribution in [0.5, 0.6) is 0 Å². The second-order valence-electron chi connectivity index (χ2n) is 2.96. The number of carbonyl (C=O) groups excluding carboxylic acids is 1. The Balaban J connectivity index is 2.31. The lowest BCUT2D eigenvalue weighted by Gasteiger charge is -2.08. The molecule has 5 heteroatoms. The van der Waals surface area contributed by atoms with E-state index in [2.05, 4.69) is 10.1 Å². The topological polar surface area (TPSA) is 38.3 Å². The molecule has 1 aliphatic rings. The van der Waals surface area contributed by atoms with Gasteiger partial charge in [0.2, 0.25) is 0 Å². The Morgan fingerprint density at radius 3 is 3.00 bits per heavy atom. The van der Waals surface area contributed by atoms with Crippen molar-refractivity contribution in [2.75, 3.05) is 6.61 Å². The molecule has 0 aliphatic carbocycles. The van der Waals surface area contributed by atoms with Crippen molar-refractivity contribution in [3.05, 3.63) is 34.6 Å². The third-order valence-corrected chi connectivity index (χ3v) is 2.24. The monoisotopic (exact) mass is 215 g/mol. The van der Waals surface area contributed by atoms with Crippen molar-refractivity contribution in [2.45, 2.75) is 6.04 Å². The van der Waals surface area contributed by atoms with Gasteiger partial charge in [0.25, 0.3) is 0 Å². The summed E-state index contributed by atoms with van der Waals surface area (Å²) in [5, 5.41) is 2.91. The number of halogens is 2. The van der Waals surface area contributed by atoms with Crippen LogP contribution in [-0.2, 0) is 4.74 Å². The number of nitrogens with one attached hydrogen (secondary N) is 1. The summed E-state index contributed by atoms with van der Waals surface area (Å²) >= 11 is 5.71. The van der Waals surface area contributed by atoms with Crippen molar-refractivity contribution in [3.8, 4) is 0 Å². The molecule has 1 N–H and O–H groups in total. The first-order valence-electron chi connectivity index (χ1n) is 4.05. The molecule has 2 rings (SSSR count). The molecule has 1 saturated heterocycles. The number of benzene rings is 1. The summed E-state index contributed by atoms with van der Waals surface area (Å²) in [5.41, 5.74) is 0.350. The van der Waals surface area contributed by atoms with Crippen LogP contribution in [0.4, 0.5) is 9.18 Å². The number of carbonyl (C=O) groups is 1. The van der Waals surface area contributed by atoms with Crippen LogP contribution in [0.15, 0.2) is 18.2 Å². The second-order valence-corrected chi connectivity index (χ2v) is 3.40. The van der Waals surface area contributed by atoms with Crippen LogP contribution >= 0.6 is 11.6 Å². The lowest BCUT2D eigenvalue weighted by molar-refractivity contribution is 0.177. The average molecular weight is 216 g/mol. The van der Waals surface area contributed by atoms with Gasteiger partial charge in [-0.2, -0.15) is 0 Å². The molecule has 0 aromatic heterocycles. The smallest absolute Gasteiger partial charge is 0.407 e. The number of hydrogen-bond donors (Lipinski definition) is 1. The fourth-order valence-corrected chi connectivity index (χ4v) is 1.51. The van der Waals surface area contributed by atoms with Crippen LogP contribution in [-0.4, -0.2) is 12.7 Å². The summed E-state index contributed by atoms with van der Waals surface area (Å²) in [6, 6.07) is 3.76. The Morgan fingerprint density at radius 1 is 1.57 bits per heavy atom. The van der Waals surface area contributed by atoms with Crippen LogP contribution in [0, 0.1) is 5.82 Å². The maximum Gasteiger partial charge on any atom is 0.407 e. The van der Waals surface area contributed by atoms with Gasteiger partial charge in [-0.1, -0.05) is 11.6 Å². The molecule has 0 unspecified atom stereocenters. The molecule has 0 bridgehead atoms. The first kappa shape index (κ1) is 9.27. The fraction of sp³-hybridized carbons (Fsp3) is 0.222. The molecular formula is C9H7ClFNO2. The molecule has 1 fully saturated rings. The Bertz CT molecular complexity index is 383. The molecule has 14 heavy (non-hydrogen) atoms. The van der Waals surface area contributed by atoms with E-state index in [0.717, 1.165) is 0 Å². The quantitative estimate of drug-likeness (QED) is 0.781. The number of alkyl carbamates (subject to hydrolysis) is 1. The van der Waals surface area contributed by atoms with Crippen molar-refractivity contribution in [1.82, 2.24) is 5.32 Å². The molecule has 1 aromatic rings. The minimum atomic E-state index is -0.533. The molecule has 1 amide bonds. The minimum absolute atomic E-state index is 0.135. The van der Waals surface area contributed by atoms with Crippen molar-refractivity contribution >= 4 is 17.7 Å². The third-order valence-electron chi connectivity index (χ3n) is 2.01. The molecule has 1 atom stereocenters. The summed E-state index contributed by atoms with van der Waals surface area (Å²) < 4.78 is 17.9. The predicted molar refractivity (Wildman–Crippen MR) is 48.6 cm³/mol. The van der Waals surface area contributed by atoms with Crippen LogP contribution < -0.4 is 5.32 Å². The first-order valence-corrected chi connectivity index (χ1v) is 4.43. The van der Waals surface area contributed by atoms with Gasteiger partial charge < -0.3 is 10.1 Å². The fourth-order valence-electron chi connectivity index (χ4n) is 1.33. The molecule has 0 saturated carbocycles. The number of hydrogen-bond acceptors (Lipinski definition) is 2. The van der Waals surface area contributed by atoms with Crippen LogP contribution in [0.1, 0.15) is 11.6 Å². The predicted octanol–water partition coefficient (Wildman–Crippen LogP) is 2.26. The SMILES string of the molecule is O=C1N[C@H](c2cc(Cl)ccc2F)CO1. The second kappa shape index (κ2) is 3.46. The zero-order valence-electron chi connectivity index (χ0n) is 7.09. The number of ether oxygens (including phenoxy) is 1. The van der Waals surface area contributed by atoms with E-state index in [4.69, 9.17) is 11.6 Å². The molecule has 0 radical (unpaired) electrons. The molecule has 74 valence electrons. The molecule has 1 heterocycles. The zero-order valence-corrected chi connectivity index (χ0v) is 7.84. The average Bonchev–Trinajstić information content (AvgIpc) is 2.56. The van der Waals surface area contributed by atoms with Crippen molar-refractivity contribution in [2.24, 2.45) is 0 Å². The Labute approximate surface area is 84.8 Å². The lowest BCUT2D eigenvalue weighted by Crippen LogP contribution is -2.19. The summed E-state index contributed by atoms with van der Waals surface area (Å²) in [4.78, 5) is 10.7. The zero-order chi connectivity index (χ0) is 10.1. The number of rotatable bonds is 1. The lowest BCUT2D eigenvalue weighted by atomic mass is 10.1. The van der Waals surface area contributed by atoms with E-state index < -0.39 is 18.0 Å². The third kappa shape index (κ3) is 1.65. The van der Waals surface area contributed by atoms with Gasteiger partial charge in [0.05, 0.1) is 6.04 Å². The standard InChI is InChI=1S/C9H7ClFNO2/c10-5-1-2-7(11)6(3-5)8-4-14-9(13)12-8/h1-3,8H,4H2,(H,12,13)/t8-/m0/s1. The van der Waals surface area contributed by atoms with Crippen molar-refractivity contribution in [3.63, 3.8) is 0 Å². The van der Waals surface area contributed by atoms with Gasteiger partial charge in [-0.3, -0.25) is 0 Å². The highest BCUT2D eigenvalue weighted by Gasteiger charge is 2.26. The van der Waals surface area contributed by atoms with E-state index in [1.165, 1.54) is 18.2 Å². The highest BCUT2D eigenvalue weighted by molar-refractivity contribution is 6.30. The summed E-state index contributed by atoms with van der Waals surface area (Å²) in [5.74, 6) is -0.398. The van der Waals surface area contributed by atoms with E-state index in [1.54, 1.807) is 0 Å². The summed E-state index contributed by atoms with van der Waals surface area (Å²) in [7, 11) is 0. The van der Waals surface area contributed by atoms with Gasteiger partial charge in [-0.25, -0.2) is 9.18 Å². The Kier molecular flexibility index (Phi) is 2.29. The maximum atomic E-state index is 13.3. The van der Waals surface area contributed by atoms with Gasteiger partial charge >= 0.3 is 6.09 Å². The molecule has 1 aromatic carbocycles. The van der Waals surface area contributed by atoms with Crippen LogP contribution in [0.2, 0.25) is 5.02 Å². The van der Waals surface area contributed by atoms with E-state index in [9.17, 15) is 9.18 Å². The normalized spacial score (nSPS) is 20.4. The maximum absolute atomic E-state index is 13.3. The highest BCUT2D eigenvalue weighted by atomic mass is 35.5. The molecule has 1 aliphatic heterocycles. The summed E-state index contributed by atoms with van der Waals surface area (Å²) in [6.45, 7) is 0.135. The molecule has 3 nitrogen and oxygen atoms in total. The van der Waals surface area contributed by atoms with E-state index >= 15 is 0 Å². The van der Waals surface area contributed by atoms with Crippen LogP contribution in [0.3, 0.4) is 0 Å². The Hall–Kier alpha value is -1.29. The van der Waals surface area contributed by atoms with E-state index in [1.807, 2.05) is 0 Å². The van der Waals surface area contributed by atoms with Crippen molar-refractivity contribution < 1.29 is 13.9 Å². The molecular weight excluding hydrogens is 209 g/mol. The first-order chi connectivity index (χ1) is 6.66. The number of amides is 1. The summed E-state index contributed by atoms with van der Waals surface area (Å²) in [6.07, 6.45) is -0.533. The van der Waals surface area contributed by atoms with Gasteiger partial charge in [0.1, 0.15) is 12.4 Å². The van der Waals surface area contributed by atoms with E-state index in [0.29, 0.717) is 10.6 Å². The largest absolute Gasteiger partial charge is 0.447 e. The van der Waals surface area contributed by atoms with E-state index in [-0.39, 0.29) is 6.61 Å². The van der Waals surface area contributed by atoms with Gasteiger partial charge in [-0.05, 0) is 18.2 Å². The van der Waals surface area contributed by atoms with Crippen molar-refractivity contribution in [1.29, 1.82) is 0 Å². The van der Waals surface area contributed by atoms with Gasteiger partial charge in [-0.15, -0.1) is 0 Å². The van der Waals surface area contributed by atoms with Gasteiger partial charge in [0.15, 0.2) is 0 Å². The minimum Gasteiger partial charge on any atom is -0.447 e. The van der Waals surface area contributed by atoms with Crippen LogP contribution in [0.25, 0.3) is 0 Å².